The quantitative estimate of drug-likeness (QED) is 0.723. The molecule has 2 N–H and O–H groups in total. The molecule has 0 saturated heterocycles. The lowest BCUT2D eigenvalue weighted by Gasteiger charge is -2.11. The summed E-state index contributed by atoms with van der Waals surface area (Å²) in [6.45, 7) is 1.56. The molecular formula is C18H17F3N2O3S. The number of methoxy groups -OCH3 is 1. The van der Waals surface area contributed by atoms with Crippen molar-refractivity contribution in [1.82, 2.24) is 5.32 Å². The molecule has 2 aromatic rings. The minimum absolute atomic E-state index is 0.0247. The molecule has 0 spiro atoms. The maximum Gasteiger partial charge on any atom is 0.446 e. The third-order valence-electron chi connectivity index (χ3n) is 3.39. The Morgan fingerprint density at radius 1 is 1.11 bits per heavy atom. The van der Waals surface area contributed by atoms with Gasteiger partial charge in [0.2, 0.25) is 5.91 Å². The van der Waals surface area contributed by atoms with Crippen molar-refractivity contribution >= 4 is 29.3 Å². The second-order valence-electron chi connectivity index (χ2n) is 5.51. The molecule has 0 atom stereocenters. The zero-order valence-corrected chi connectivity index (χ0v) is 15.3. The molecule has 0 aliphatic heterocycles. The Morgan fingerprint density at radius 3 is 2.37 bits per heavy atom. The average Bonchev–Trinajstić information content (AvgIpc) is 2.59. The Balaban J connectivity index is 1.91. The van der Waals surface area contributed by atoms with Crippen LogP contribution in [0.1, 0.15) is 15.9 Å². The highest BCUT2D eigenvalue weighted by molar-refractivity contribution is 8.00. The monoisotopic (exact) mass is 398 g/mol. The fraction of sp³-hybridized carbons (Fsp3) is 0.222. The van der Waals surface area contributed by atoms with Crippen LogP contribution in [-0.4, -0.2) is 31.0 Å². The third-order valence-corrected chi connectivity index (χ3v) is 4.13. The molecule has 0 aliphatic carbocycles. The second-order valence-corrected chi connectivity index (χ2v) is 6.65. The number of thioether (sulfide) groups is 1. The second kappa shape index (κ2) is 8.81. The molecule has 0 radical (unpaired) electrons. The number of hydrogen-bond acceptors (Lipinski definition) is 4. The van der Waals surface area contributed by atoms with E-state index in [-0.39, 0.29) is 28.8 Å². The van der Waals surface area contributed by atoms with Crippen LogP contribution in [0.25, 0.3) is 0 Å². The first-order chi connectivity index (χ1) is 12.7. The summed E-state index contributed by atoms with van der Waals surface area (Å²) in [6, 6.07) is 10.2. The van der Waals surface area contributed by atoms with Crippen molar-refractivity contribution in [2.45, 2.75) is 17.3 Å². The van der Waals surface area contributed by atoms with Crippen LogP contribution >= 0.6 is 11.8 Å². The summed E-state index contributed by atoms with van der Waals surface area (Å²) < 4.78 is 42.1. The summed E-state index contributed by atoms with van der Waals surface area (Å²) in [7, 11) is 1.48. The van der Waals surface area contributed by atoms with Crippen molar-refractivity contribution in [2.75, 3.05) is 19.0 Å². The molecule has 0 unspecified atom stereocenters. The fourth-order valence-corrected chi connectivity index (χ4v) is 2.72. The first-order valence-electron chi connectivity index (χ1n) is 7.76. The van der Waals surface area contributed by atoms with Crippen LogP contribution in [0.4, 0.5) is 18.9 Å². The minimum Gasteiger partial charge on any atom is -0.495 e. The van der Waals surface area contributed by atoms with Crippen molar-refractivity contribution < 1.29 is 27.5 Å². The van der Waals surface area contributed by atoms with E-state index in [0.29, 0.717) is 11.4 Å². The highest BCUT2D eigenvalue weighted by Crippen LogP contribution is 2.36. The van der Waals surface area contributed by atoms with Gasteiger partial charge in [-0.1, -0.05) is 6.07 Å². The first kappa shape index (κ1) is 20.6. The third kappa shape index (κ3) is 6.52. The highest BCUT2D eigenvalue weighted by Gasteiger charge is 2.29. The van der Waals surface area contributed by atoms with Crippen LogP contribution in [0.15, 0.2) is 47.4 Å². The molecule has 5 nitrogen and oxygen atoms in total. The zero-order chi connectivity index (χ0) is 20.0. The number of carbonyl (C=O) groups excluding carboxylic acids is 2. The SMILES string of the molecule is COc1ccc(C)cc1NC(=O)CNC(=O)c1ccc(SC(F)(F)F)cc1. The summed E-state index contributed by atoms with van der Waals surface area (Å²) >= 11 is -0.262. The van der Waals surface area contributed by atoms with Crippen LogP contribution in [0, 0.1) is 6.92 Å². The van der Waals surface area contributed by atoms with Gasteiger partial charge in [0.1, 0.15) is 5.75 Å². The van der Waals surface area contributed by atoms with Gasteiger partial charge in [0.05, 0.1) is 19.3 Å². The van der Waals surface area contributed by atoms with E-state index in [2.05, 4.69) is 10.6 Å². The van der Waals surface area contributed by atoms with E-state index in [0.717, 1.165) is 5.56 Å². The predicted octanol–water partition coefficient (Wildman–Crippen LogP) is 3.98. The molecule has 9 heteroatoms. The topological polar surface area (TPSA) is 67.4 Å². The van der Waals surface area contributed by atoms with Gasteiger partial charge in [0.15, 0.2) is 0 Å². The van der Waals surface area contributed by atoms with Crippen LogP contribution in [-0.2, 0) is 4.79 Å². The molecule has 0 heterocycles. The molecule has 0 saturated carbocycles. The Hall–Kier alpha value is -2.68. The number of ether oxygens (including phenoxy) is 1. The summed E-state index contributed by atoms with van der Waals surface area (Å²) in [5.41, 5.74) is -2.83. The summed E-state index contributed by atoms with van der Waals surface area (Å²) in [4.78, 5) is 24.0. The highest BCUT2D eigenvalue weighted by atomic mass is 32.2. The number of alkyl halides is 3. The molecule has 144 valence electrons. The summed E-state index contributed by atoms with van der Waals surface area (Å²) in [6.07, 6.45) is 0. The number of aryl methyl sites for hydroxylation is 1. The molecule has 2 aromatic carbocycles. The Kier molecular flexibility index (Phi) is 6.73. The largest absolute Gasteiger partial charge is 0.495 e. The van der Waals surface area contributed by atoms with Gasteiger partial charge in [-0.15, -0.1) is 0 Å². The van der Waals surface area contributed by atoms with Crippen LogP contribution in [0.3, 0.4) is 0 Å². The first-order valence-corrected chi connectivity index (χ1v) is 8.58. The Bertz CT molecular complexity index is 824. The lowest BCUT2D eigenvalue weighted by Crippen LogP contribution is -2.32. The van der Waals surface area contributed by atoms with Gasteiger partial charge >= 0.3 is 5.51 Å². The molecule has 0 bridgehead atoms. The normalized spacial score (nSPS) is 11.0. The van der Waals surface area contributed by atoms with Crippen LogP contribution < -0.4 is 15.4 Å². The van der Waals surface area contributed by atoms with Crippen LogP contribution in [0.5, 0.6) is 5.75 Å². The standard InChI is InChI=1S/C18H17F3N2O3S/c1-11-3-8-15(26-2)14(9-11)23-16(24)10-22-17(25)12-4-6-13(7-5-12)27-18(19,20)21/h3-9H,10H2,1-2H3,(H,22,25)(H,23,24). The van der Waals surface area contributed by atoms with Gasteiger partial charge in [-0.25, -0.2) is 0 Å². The number of hydrogen-bond donors (Lipinski definition) is 2. The molecule has 2 amide bonds. The number of halogens is 3. The van der Waals surface area contributed by atoms with E-state index >= 15 is 0 Å². The van der Waals surface area contributed by atoms with Crippen molar-refractivity contribution in [2.24, 2.45) is 0 Å². The molecule has 27 heavy (non-hydrogen) atoms. The lowest BCUT2D eigenvalue weighted by atomic mass is 10.2. The maximum atomic E-state index is 12.3. The molecular weight excluding hydrogens is 381 g/mol. The summed E-state index contributed by atoms with van der Waals surface area (Å²) in [5.74, 6) is -0.542. The van der Waals surface area contributed by atoms with E-state index < -0.39 is 17.3 Å². The van der Waals surface area contributed by atoms with E-state index in [4.69, 9.17) is 4.74 Å². The number of rotatable bonds is 6. The van der Waals surface area contributed by atoms with Gasteiger partial charge in [0.25, 0.3) is 5.91 Å². The van der Waals surface area contributed by atoms with E-state index in [9.17, 15) is 22.8 Å². The van der Waals surface area contributed by atoms with Gasteiger partial charge in [-0.05, 0) is 60.6 Å². The van der Waals surface area contributed by atoms with Crippen LogP contribution in [0.2, 0.25) is 0 Å². The van der Waals surface area contributed by atoms with E-state index in [1.807, 2.05) is 13.0 Å². The van der Waals surface area contributed by atoms with Crippen molar-refractivity contribution in [3.05, 3.63) is 53.6 Å². The van der Waals surface area contributed by atoms with Gasteiger partial charge in [-0.3, -0.25) is 9.59 Å². The molecule has 0 aromatic heterocycles. The van der Waals surface area contributed by atoms with Crippen molar-refractivity contribution in [3.63, 3.8) is 0 Å². The molecule has 0 aliphatic rings. The maximum absolute atomic E-state index is 12.3. The van der Waals surface area contributed by atoms with E-state index in [1.165, 1.54) is 31.4 Å². The molecule has 0 fully saturated rings. The summed E-state index contributed by atoms with van der Waals surface area (Å²) in [5, 5.41) is 5.05. The Morgan fingerprint density at radius 2 is 1.78 bits per heavy atom. The smallest absolute Gasteiger partial charge is 0.446 e. The Labute approximate surface area is 158 Å². The number of benzene rings is 2. The van der Waals surface area contributed by atoms with Crippen molar-refractivity contribution in [3.8, 4) is 5.75 Å². The van der Waals surface area contributed by atoms with Crippen molar-refractivity contribution in [1.29, 1.82) is 0 Å². The average molecular weight is 398 g/mol. The number of carbonyl (C=O) groups is 2. The number of amides is 2. The number of nitrogens with one attached hydrogen (secondary N) is 2. The fourth-order valence-electron chi connectivity index (χ4n) is 2.18. The lowest BCUT2D eigenvalue weighted by molar-refractivity contribution is -0.115. The zero-order valence-electron chi connectivity index (χ0n) is 14.5. The number of anilines is 1. The molecule has 2 rings (SSSR count). The van der Waals surface area contributed by atoms with Gasteiger partial charge in [0, 0.05) is 10.5 Å². The predicted molar refractivity (Wildman–Crippen MR) is 97.0 cm³/mol. The van der Waals surface area contributed by atoms with E-state index in [1.54, 1.807) is 12.1 Å². The van der Waals surface area contributed by atoms with Gasteiger partial charge in [-0.2, -0.15) is 13.2 Å². The van der Waals surface area contributed by atoms with Gasteiger partial charge < -0.3 is 15.4 Å². The minimum atomic E-state index is -4.39.